The molecule has 0 aliphatic carbocycles. The first-order valence-corrected chi connectivity index (χ1v) is 3.71. The van der Waals surface area contributed by atoms with Crippen LogP contribution < -0.4 is 5.32 Å². The average molecular weight is 196 g/mol. The van der Waals surface area contributed by atoms with E-state index >= 15 is 0 Å². The molecule has 0 spiro atoms. The van der Waals surface area contributed by atoms with E-state index in [1.54, 1.807) is 6.07 Å². The number of amides is 1. The van der Waals surface area contributed by atoms with E-state index in [0.717, 1.165) is 19.1 Å². The minimum absolute atomic E-state index is 0.130. The molecule has 0 saturated heterocycles. The number of benzene rings is 1. The summed E-state index contributed by atoms with van der Waals surface area (Å²) in [5.74, 6) is -2.50. The van der Waals surface area contributed by atoms with E-state index in [9.17, 15) is 13.6 Å². The Hall–Kier alpha value is -1.96. The zero-order valence-corrected chi connectivity index (χ0v) is 7.27. The molecule has 0 aliphatic heterocycles. The fraction of sp³-hybridized carbons (Fsp3) is 0.111. The number of hydrogen-bond donors (Lipinski definition) is 1. The molecule has 1 N–H and O–H groups in total. The maximum atomic E-state index is 13.1. The molecule has 1 rings (SSSR count). The fourth-order valence-corrected chi connectivity index (χ4v) is 0.933. The Labute approximate surface area is 79.0 Å². The van der Waals surface area contributed by atoms with E-state index in [1.807, 2.05) is 5.32 Å². The van der Waals surface area contributed by atoms with E-state index in [4.69, 9.17) is 5.26 Å². The first kappa shape index (κ1) is 10.1. The molecule has 72 valence electrons. The normalized spacial score (nSPS) is 9.29. The Morgan fingerprint density at radius 2 is 1.93 bits per heavy atom. The highest BCUT2D eigenvalue weighted by atomic mass is 19.1. The van der Waals surface area contributed by atoms with Gasteiger partial charge in [-0.1, -0.05) is 0 Å². The van der Waals surface area contributed by atoms with Crippen molar-refractivity contribution in [1.29, 1.82) is 5.26 Å². The van der Waals surface area contributed by atoms with Gasteiger partial charge >= 0.3 is 0 Å². The third-order valence-electron chi connectivity index (χ3n) is 1.47. The monoisotopic (exact) mass is 196 g/mol. The number of nitrogens with one attached hydrogen (secondary N) is 1. The maximum absolute atomic E-state index is 13.1. The van der Waals surface area contributed by atoms with Crippen molar-refractivity contribution < 1.29 is 13.6 Å². The lowest BCUT2D eigenvalue weighted by atomic mass is 10.2. The predicted octanol–water partition coefficient (Wildman–Crippen LogP) is 1.79. The first-order valence-electron chi connectivity index (χ1n) is 3.71. The summed E-state index contributed by atoms with van der Waals surface area (Å²) in [5, 5.41) is 10.4. The number of halogens is 2. The molecule has 1 aromatic rings. The molecular weight excluding hydrogens is 190 g/mol. The van der Waals surface area contributed by atoms with Gasteiger partial charge in [0, 0.05) is 6.92 Å². The number of carbonyl (C=O) groups excluding carboxylic acids is 1. The second-order valence-corrected chi connectivity index (χ2v) is 2.61. The molecule has 1 amide bonds. The molecule has 0 aliphatic rings. The van der Waals surface area contributed by atoms with Crippen molar-refractivity contribution in [2.45, 2.75) is 6.92 Å². The van der Waals surface area contributed by atoms with Gasteiger partial charge in [0.05, 0.1) is 11.6 Å². The van der Waals surface area contributed by atoms with Crippen LogP contribution in [0.3, 0.4) is 0 Å². The van der Waals surface area contributed by atoms with Gasteiger partial charge in [-0.2, -0.15) is 5.26 Å². The molecule has 0 heterocycles. The van der Waals surface area contributed by atoms with E-state index in [1.165, 1.54) is 0 Å². The summed E-state index contributed by atoms with van der Waals surface area (Å²) in [6, 6.07) is 3.31. The quantitative estimate of drug-likeness (QED) is 0.744. The van der Waals surface area contributed by atoms with E-state index in [0.29, 0.717) is 0 Å². The van der Waals surface area contributed by atoms with Crippen molar-refractivity contribution in [1.82, 2.24) is 0 Å². The Morgan fingerprint density at radius 1 is 1.43 bits per heavy atom. The predicted molar refractivity (Wildman–Crippen MR) is 45.4 cm³/mol. The average Bonchev–Trinajstić information content (AvgIpc) is 2.10. The first-order chi connectivity index (χ1) is 6.54. The summed E-state index contributed by atoms with van der Waals surface area (Å²) in [6.07, 6.45) is 0. The van der Waals surface area contributed by atoms with Crippen LogP contribution in [0, 0.1) is 23.0 Å². The van der Waals surface area contributed by atoms with Crippen molar-refractivity contribution >= 4 is 11.6 Å². The summed E-state index contributed by atoms with van der Waals surface area (Å²) in [4.78, 5) is 10.6. The number of rotatable bonds is 1. The summed E-state index contributed by atoms with van der Waals surface area (Å²) in [5.41, 5.74) is -0.661. The Morgan fingerprint density at radius 3 is 2.29 bits per heavy atom. The molecule has 0 atom stereocenters. The molecule has 14 heavy (non-hydrogen) atoms. The maximum Gasteiger partial charge on any atom is 0.221 e. The van der Waals surface area contributed by atoms with Gasteiger partial charge in [-0.3, -0.25) is 4.79 Å². The van der Waals surface area contributed by atoms with Crippen LogP contribution in [0.15, 0.2) is 12.1 Å². The number of nitrogens with zero attached hydrogens (tertiary/aromatic N) is 1. The van der Waals surface area contributed by atoms with Crippen LogP contribution in [0.5, 0.6) is 0 Å². The van der Waals surface area contributed by atoms with Crippen molar-refractivity contribution in [3.8, 4) is 6.07 Å². The second kappa shape index (κ2) is 3.83. The third-order valence-corrected chi connectivity index (χ3v) is 1.47. The Bertz CT molecular complexity index is 400. The van der Waals surface area contributed by atoms with Crippen LogP contribution in [0.25, 0.3) is 0 Å². The minimum atomic E-state index is -0.961. The fourth-order valence-electron chi connectivity index (χ4n) is 0.933. The zero-order chi connectivity index (χ0) is 10.7. The highest BCUT2D eigenvalue weighted by Crippen LogP contribution is 2.20. The topological polar surface area (TPSA) is 52.9 Å². The smallest absolute Gasteiger partial charge is 0.221 e. The summed E-state index contributed by atoms with van der Waals surface area (Å²) >= 11 is 0. The van der Waals surface area contributed by atoms with Crippen LogP contribution in [-0.2, 0) is 4.79 Å². The Kier molecular flexibility index (Phi) is 2.77. The van der Waals surface area contributed by atoms with E-state index in [2.05, 4.69) is 0 Å². The van der Waals surface area contributed by atoms with Crippen molar-refractivity contribution in [3.05, 3.63) is 29.3 Å². The number of nitriles is 1. The summed E-state index contributed by atoms with van der Waals surface area (Å²) < 4.78 is 26.1. The van der Waals surface area contributed by atoms with Crippen LogP contribution in [0.4, 0.5) is 14.5 Å². The highest BCUT2D eigenvalue weighted by Gasteiger charge is 2.11. The number of carbonyl (C=O) groups is 1. The Balaban J connectivity index is 3.19. The highest BCUT2D eigenvalue weighted by molar-refractivity contribution is 5.89. The van der Waals surface area contributed by atoms with Crippen LogP contribution in [-0.4, -0.2) is 5.91 Å². The van der Waals surface area contributed by atoms with Crippen LogP contribution in [0.1, 0.15) is 12.5 Å². The second-order valence-electron chi connectivity index (χ2n) is 2.61. The lowest BCUT2D eigenvalue weighted by Gasteiger charge is -2.04. The van der Waals surface area contributed by atoms with Crippen molar-refractivity contribution in [2.75, 3.05) is 5.32 Å². The van der Waals surface area contributed by atoms with Gasteiger partial charge in [0.2, 0.25) is 5.91 Å². The number of hydrogen-bond acceptors (Lipinski definition) is 2. The van der Waals surface area contributed by atoms with E-state index in [-0.39, 0.29) is 5.56 Å². The SMILES string of the molecule is CC(=O)Nc1c(F)cc(C#N)cc1F. The molecule has 0 saturated carbocycles. The van der Waals surface area contributed by atoms with Crippen LogP contribution >= 0.6 is 0 Å². The third kappa shape index (κ3) is 2.04. The summed E-state index contributed by atoms with van der Waals surface area (Å²) in [7, 11) is 0. The lowest BCUT2D eigenvalue weighted by Crippen LogP contribution is -2.09. The van der Waals surface area contributed by atoms with Crippen LogP contribution in [0.2, 0.25) is 0 Å². The van der Waals surface area contributed by atoms with E-state index < -0.39 is 23.2 Å². The standard InChI is InChI=1S/C9H6F2N2O/c1-5(14)13-9-7(10)2-6(4-12)3-8(9)11/h2-3H,1H3,(H,13,14). The van der Waals surface area contributed by atoms with Gasteiger partial charge in [0.1, 0.15) is 5.69 Å². The molecule has 1 aromatic carbocycles. The number of anilines is 1. The lowest BCUT2D eigenvalue weighted by molar-refractivity contribution is -0.114. The molecule has 0 fully saturated rings. The van der Waals surface area contributed by atoms with Gasteiger partial charge in [-0.25, -0.2) is 8.78 Å². The summed E-state index contributed by atoms with van der Waals surface area (Å²) in [6.45, 7) is 1.14. The molecule has 0 bridgehead atoms. The van der Waals surface area contributed by atoms with Crippen molar-refractivity contribution in [2.24, 2.45) is 0 Å². The van der Waals surface area contributed by atoms with Gasteiger partial charge < -0.3 is 5.32 Å². The van der Waals surface area contributed by atoms with Gasteiger partial charge in [-0.05, 0) is 12.1 Å². The molecule has 3 nitrogen and oxygen atoms in total. The zero-order valence-electron chi connectivity index (χ0n) is 7.27. The van der Waals surface area contributed by atoms with Crippen molar-refractivity contribution in [3.63, 3.8) is 0 Å². The molecule has 0 unspecified atom stereocenters. The van der Waals surface area contributed by atoms with Gasteiger partial charge in [0.25, 0.3) is 0 Å². The molecular formula is C9H6F2N2O. The van der Waals surface area contributed by atoms with Gasteiger partial charge in [0.15, 0.2) is 11.6 Å². The minimum Gasteiger partial charge on any atom is -0.321 e. The van der Waals surface area contributed by atoms with Gasteiger partial charge in [-0.15, -0.1) is 0 Å². The largest absolute Gasteiger partial charge is 0.321 e. The molecule has 0 radical (unpaired) electrons. The molecule has 0 aromatic heterocycles. The molecule has 5 heteroatoms.